The minimum Gasteiger partial charge on any atom is -0.329 e. The van der Waals surface area contributed by atoms with Crippen LogP contribution in [0.3, 0.4) is 0 Å². The molecule has 3 rings (SSSR count). The summed E-state index contributed by atoms with van der Waals surface area (Å²) in [5, 5.41) is 9.71. The summed E-state index contributed by atoms with van der Waals surface area (Å²) in [6.45, 7) is 0.432. The number of urea groups is 1. The topological polar surface area (TPSA) is 91.0 Å². The fraction of sp³-hybridized carbons (Fsp3) is 0.286. The summed E-state index contributed by atoms with van der Waals surface area (Å²) in [6, 6.07) is 5.98. The largest absolute Gasteiger partial charge is 0.329 e. The van der Waals surface area contributed by atoms with Crippen molar-refractivity contribution >= 4 is 23.7 Å². The van der Waals surface area contributed by atoms with Gasteiger partial charge in [-0.05, 0) is 18.6 Å². The predicted molar refractivity (Wildman–Crippen MR) is 82.2 cm³/mol. The van der Waals surface area contributed by atoms with Gasteiger partial charge in [0, 0.05) is 12.3 Å². The van der Waals surface area contributed by atoms with Gasteiger partial charge in [-0.2, -0.15) is 0 Å². The molecular formula is C14H14FN5O2S. The Bertz CT molecular complexity index is 719. The summed E-state index contributed by atoms with van der Waals surface area (Å²) in [6.07, 6.45) is 0.632. The second kappa shape index (κ2) is 6.78. The Kier molecular flexibility index (Phi) is 4.56. The number of thioether (sulfide) groups is 1. The third kappa shape index (κ3) is 3.50. The number of nitrogens with one attached hydrogen (secondary N) is 2. The average molecular weight is 335 g/mol. The van der Waals surface area contributed by atoms with Crippen molar-refractivity contribution in [1.82, 2.24) is 25.4 Å². The molecule has 0 saturated carbocycles. The number of hydrogen-bond donors (Lipinski definition) is 2. The highest BCUT2D eigenvalue weighted by Gasteiger charge is 2.27. The van der Waals surface area contributed by atoms with Crippen LogP contribution in [0.25, 0.3) is 11.4 Å². The number of rotatable bonds is 6. The van der Waals surface area contributed by atoms with Gasteiger partial charge < -0.3 is 5.32 Å². The van der Waals surface area contributed by atoms with E-state index in [1.54, 1.807) is 18.2 Å². The maximum atomic E-state index is 13.7. The fourth-order valence-corrected chi connectivity index (χ4v) is 2.87. The number of carbonyl (C=O) groups excluding carboxylic acids is 2. The van der Waals surface area contributed by atoms with E-state index in [2.05, 4.69) is 20.5 Å². The third-order valence-corrected chi connectivity index (χ3v) is 4.22. The van der Waals surface area contributed by atoms with Gasteiger partial charge in [-0.25, -0.2) is 14.2 Å². The molecule has 0 unspecified atom stereocenters. The first-order valence-electron chi connectivity index (χ1n) is 7.03. The van der Waals surface area contributed by atoms with Crippen LogP contribution < -0.4 is 5.32 Å². The molecule has 1 aliphatic rings. The van der Waals surface area contributed by atoms with Gasteiger partial charge in [0.05, 0.1) is 12.1 Å². The van der Waals surface area contributed by atoms with Crippen LogP contribution in [0.4, 0.5) is 9.18 Å². The Labute approximate surface area is 135 Å². The third-order valence-electron chi connectivity index (χ3n) is 3.29. The van der Waals surface area contributed by atoms with E-state index >= 15 is 0 Å². The Morgan fingerprint density at radius 2 is 2.13 bits per heavy atom. The van der Waals surface area contributed by atoms with E-state index in [0.29, 0.717) is 35.3 Å². The molecule has 0 spiro atoms. The van der Waals surface area contributed by atoms with Crippen LogP contribution in [0.1, 0.15) is 6.42 Å². The summed E-state index contributed by atoms with van der Waals surface area (Å²) in [5.41, 5.74) is 0.367. The van der Waals surface area contributed by atoms with Crippen molar-refractivity contribution in [2.75, 3.05) is 18.8 Å². The number of halogens is 1. The average Bonchev–Trinajstić information content (AvgIpc) is 3.13. The van der Waals surface area contributed by atoms with Gasteiger partial charge in [0.1, 0.15) is 5.82 Å². The highest BCUT2D eigenvalue weighted by molar-refractivity contribution is 7.99. The molecule has 9 heteroatoms. The van der Waals surface area contributed by atoms with Crippen molar-refractivity contribution in [3.8, 4) is 11.4 Å². The van der Waals surface area contributed by atoms with E-state index in [-0.39, 0.29) is 24.3 Å². The van der Waals surface area contributed by atoms with E-state index in [4.69, 9.17) is 0 Å². The van der Waals surface area contributed by atoms with Gasteiger partial charge >= 0.3 is 6.03 Å². The van der Waals surface area contributed by atoms with Crippen molar-refractivity contribution in [2.45, 2.75) is 11.6 Å². The van der Waals surface area contributed by atoms with Gasteiger partial charge in [-0.15, -0.1) is 5.10 Å². The molecular weight excluding hydrogens is 321 g/mol. The first-order valence-corrected chi connectivity index (χ1v) is 8.02. The Hall–Kier alpha value is -2.42. The molecule has 23 heavy (non-hydrogen) atoms. The van der Waals surface area contributed by atoms with Crippen LogP contribution in [-0.2, 0) is 4.79 Å². The zero-order valence-corrected chi connectivity index (χ0v) is 12.9. The van der Waals surface area contributed by atoms with Crippen molar-refractivity contribution < 1.29 is 14.0 Å². The standard InChI is InChI=1S/C14H14FN5O2S/c15-10-5-2-1-4-9(10)12-17-13(19-18-12)23-7-3-6-20-11(21)8-16-14(20)22/h1-2,4-5H,3,6-8H2,(H,16,22)(H,17,18,19). The van der Waals surface area contributed by atoms with Crippen LogP contribution >= 0.6 is 11.8 Å². The first kappa shape index (κ1) is 15.5. The zero-order valence-electron chi connectivity index (χ0n) is 12.1. The Morgan fingerprint density at radius 1 is 1.30 bits per heavy atom. The van der Waals surface area contributed by atoms with Crippen LogP contribution in [0.15, 0.2) is 29.4 Å². The molecule has 1 aromatic heterocycles. The summed E-state index contributed by atoms with van der Waals surface area (Å²) < 4.78 is 13.7. The molecule has 2 N–H and O–H groups in total. The minimum atomic E-state index is -0.362. The SMILES string of the molecule is O=C1CNC(=O)N1CCCSc1n[nH]c(-c2ccccc2F)n1. The van der Waals surface area contributed by atoms with Crippen molar-refractivity contribution in [1.29, 1.82) is 0 Å². The van der Waals surface area contributed by atoms with Crippen LogP contribution in [0.5, 0.6) is 0 Å². The number of aromatic amines is 1. The summed E-state index contributed by atoms with van der Waals surface area (Å²) >= 11 is 1.38. The molecule has 7 nitrogen and oxygen atoms in total. The Morgan fingerprint density at radius 3 is 2.87 bits per heavy atom. The molecule has 1 aliphatic heterocycles. The molecule has 1 aromatic carbocycles. The van der Waals surface area contributed by atoms with Crippen molar-refractivity contribution in [3.05, 3.63) is 30.1 Å². The molecule has 2 aromatic rings. The van der Waals surface area contributed by atoms with E-state index in [0.717, 1.165) is 0 Å². The van der Waals surface area contributed by atoms with Gasteiger partial charge in [0.2, 0.25) is 11.1 Å². The highest BCUT2D eigenvalue weighted by atomic mass is 32.2. The second-order valence-electron chi connectivity index (χ2n) is 4.85. The van der Waals surface area contributed by atoms with Gasteiger partial charge in [0.25, 0.3) is 0 Å². The second-order valence-corrected chi connectivity index (χ2v) is 5.91. The van der Waals surface area contributed by atoms with E-state index < -0.39 is 0 Å². The maximum absolute atomic E-state index is 13.7. The highest BCUT2D eigenvalue weighted by Crippen LogP contribution is 2.21. The number of carbonyl (C=O) groups is 2. The Balaban J connectivity index is 1.51. The van der Waals surface area contributed by atoms with E-state index in [1.807, 2.05) is 0 Å². The predicted octanol–water partition coefficient (Wildman–Crippen LogP) is 1.64. The first-order chi connectivity index (χ1) is 11.1. The lowest BCUT2D eigenvalue weighted by Crippen LogP contribution is -2.32. The van der Waals surface area contributed by atoms with Crippen LogP contribution in [-0.4, -0.2) is 50.9 Å². The minimum absolute atomic E-state index is 0.0684. The number of amides is 3. The summed E-state index contributed by atoms with van der Waals surface area (Å²) in [7, 11) is 0. The number of H-pyrrole nitrogens is 1. The number of imide groups is 1. The number of nitrogens with zero attached hydrogens (tertiary/aromatic N) is 3. The van der Waals surface area contributed by atoms with E-state index in [1.165, 1.54) is 22.7 Å². The molecule has 120 valence electrons. The van der Waals surface area contributed by atoms with Gasteiger partial charge in [0.15, 0.2) is 5.82 Å². The molecule has 0 radical (unpaired) electrons. The molecule has 2 heterocycles. The van der Waals surface area contributed by atoms with E-state index in [9.17, 15) is 14.0 Å². The fourth-order valence-electron chi connectivity index (χ4n) is 2.15. The smallest absolute Gasteiger partial charge is 0.324 e. The van der Waals surface area contributed by atoms with Crippen molar-refractivity contribution in [3.63, 3.8) is 0 Å². The zero-order chi connectivity index (χ0) is 16.2. The molecule has 0 aliphatic carbocycles. The monoisotopic (exact) mass is 335 g/mol. The summed E-state index contributed by atoms with van der Waals surface area (Å²) in [5.74, 6) is 0.448. The van der Waals surface area contributed by atoms with Gasteiger partial charge in [-0.1, -0.05) is 23.9 Å². The number of hydrogen-bond acceptors (Lipinski definition) is 5. The van der Waals surface area contributed by atoms with Crippen LogP contribution in [0, 0.1) is 5.82 Å². The number of aromatic nitrogens is 3. The van der Waals surface area contributed by atoms with Gasteiger partial charge in [-0.3, -0.25) is 14.8 Å². The molecule has 3 amide bonds. The lowest BCUT2D eigenvalue weighted by atomic mass is 10.2. The quantitative estimate of drug-likeness (QED) is 0.476. The molecule has 1 saturated heterocycles. The maximum Gasteiger partial charge on any atom is 0.324 e. The lowest BCUT2D eigenvalue weighted by Gasteiger charge is -2.10. The van der Waals surface area contributed by atoms with Crippen molar-refractivity contribution in [2.24, 2.45) is 0 Å². The van der Waals surface area contributed by atoms with Crippen LogP contribution in [0.2, 0.25) is 0 Å². The molecule has 0 atom stereocenters. The number of benzene rings is 1. The summed E-state index contributed by atoms with van der Waals surface area (Å²) in [4.78, 5) is 28.2. The molecule has 1 fully saturated rings. The lowest BCUT2D eigenvalue weighted by molar-refractivity contribution is -0.124. The molecule has 0 bridgehead atoms. The normalized spacial score (nSPS) is 14.4.